The summed E-state index contributed by atoms with van der Waals surface area (Å²) in [5.41, 5.74) is 0.769. The lowest BCUT2D eigenvalue weighted by Gasteiger charge is -2.49. The van der Waals surface area contributed by atoms with Crippen LogP contribution >= 0.6 is 11.8 Å². The highest BCUT2D eigenvalue weighted by atomic mass is 32.2. The van der Waals surface area contributed by atoms with Crippen molar-refractivity contribution in [2.75, 3.05) is 18.8 Å². The van der Waals surface area contributed by atoms with Crippen molar-refractivity contribution in [2.24, 2.45) is 0 Å². The van der Waals surface area contributed by atoms with E-state index in [0.717, 1.165) is 4.90 Å². The van der Waals surface area contributed by atoms with Crippen molar-refractivity contribution in [3.8, 4) is 0 Å². The van der Waals surface area contributed by atoms with E-state index in [1.807, 2.05) is 0 Å². The van der Waals surface area contributed by atoms with Crippen LogP contribution in [0.2, 0.25) is 0 Å². The first-order valence-electron chi connectivity index (χ1n) is 12.4. The molecule has 0 spiro atoms. The van der Waals surface area contributed by atoms with Crippen molar-refractivity contribution in [1.82, 2.24) is 24.7 Å². The second kappa shape index (κ2) is 10.9. The molecule has 5 rings (SSSR count). The van der Waals surface area contributed by atoms with Gasteiger partial charge < -0.3 is 15.7 Å². The van der Waals surface area contributed by atoms with Gasteiger partial charge in [0.2, 0.25) is 5.91 Å². The number of β-lactam (4-membered cyclic amide) rings is 1. The topological polar surface area (TPSA) is 173 Å². The lowest BCUT2D eigenvalue weighted by Crippen LogP contribution is -2.71. The third-order valence-corrected chi connectivity index (χ3v) is 10.1. The van der Waals surface area contributed by atoms with Crippen molar-refractivity contribution < 1.29 is 37.5 Å². The van der Waals surface area contributed by atoms with E-state index < -0.39 is 57.3 Å². The lowest BCUT2D eigenvalue weighted by atomic mass is 10.0. The van der Waals surface area contributed by atoms with Gasteiger partial charge in [-0.25, -0.2) is 32.0 Å². The van der Waals surface area contributed by atoms with E-state index in [0.29, 0.717) is 26.1 Å². The van der Waals surface area contributed by atoms with E-state index in [1.54, 1.807) is 43.3 Å². The van der Waals surface area contributed by atoms with Crippen LogP contribution in [0.1, 0.15) is 18.5 Å². The fourth-order valence-electron chi connectivity index (χ4n) is 4.81. The van der Waals surface area contributed by atoms with Crippen LogP contribution in [0.15, 0.2) is 76.8 Å². The number of rotatable bonds is 7. The molecule has 2 fully saturated rings. The number of amides is 6. The minimum atomic E-state index is -4.20. The molecule has 2 aromatic carbocycles. The summed E-state index contributed by atoms with van der Waals surface area (Å²) in [4.78, 5) is 66.0. The predicted octanol–water partition coefficient (Wildman–Crippen LogP) is 1.32. The summed E-state index contributed by atoms with van der Waals surface area (Å²) in [6.45, 7) is 1.12. The molecule has 13 nitrogen and oxygen atoms in total. The molecule has 0 bridgehead atoms. The molecule has 0 aromatic heterocycles. The molecular weight excluding hydrogens is 574 g/mol. The predicted molar refractivity (Wildman–Crippen MR) is 146 cm³/mol. The molecule has 41 heavy (non-hydrogen) atoms. The van der Waals surface area contributed by atoms with Gasteiger partial charge in [-0.05, 0) is 30.2 Å². The Morgan fingerprint density at radius 1 is 1.00 bits per heavy atom. The van der Waals surface area contributed by atoms with Crippen LogP contribution in [0, 0.1) is 0 Å². The number of aliphatic carboxylic acids is 1. The maximum Gasteiger partial charge on any atom is 0.352 e. The van der Waals surface area contributed by atoms with Gasteiger partial charge in [-0.15, -0.1) is 11.8 Å². The molecule has 3 atom stereocenters. The zero-order valence-electron chi connectivity index (χ0n) is 21.6. The van der Waals surface area contributed by atoms with Gasteiger partial charge in [-0.1, -0.05) is 48.5 Å². The standard InChI is InChI=1S/C26H25N5O8S2/c1-15-14-40-23-19(22(33)31(23)20(15)24(34)35)27-21(32)18(16-8-4-2-5-9-16)28-25(36)29-12-13-30(26(29)37)41(38,39)17-10-6-3-7-11-17/h2-11,18-19,23H,12-14H2,1H3,(H,27,32)(H,28,36)(H,34,35)/t18?,19?,23-/m0/s1. The molecule has 0 radical (unpaired) electrons. The number of carbonyl (C=O) groups excluding carboxylic acids is 4. The van der Waals surface area contributed by atoms with Crippen molar-refractivity contribution in [3.05, 3.63) is 77.5 Å². The van der Waals surface area contributed by atoms with Crippen molar-refractivity contribution in [2.45, 2.75) is 29.3 Å². The monoisotopic (exact) mass is 599 g/mol. The average Bonchev–Trinajstić information content (AvgIpc) is 3.37. The third-order valence-electron chi connectivity index (χ3n) is 6.87. The second-order valence-electron chi connectivity index (χ2n) is 9.45. The lowest BCUT2D eigenvalue weighted by molar-refractivity contribution is -0.151. The van der Waals surface area contributed by atoms with Crippen molar-refractivity contribution >= 4 is 51.6 Å². The Morgan fingerprint density at radius 3 is 2.27 bits per heavy atom. The molecule has 0 aliphatic carbocycles. The summed E-state index contributed by atoms with van der Waals surface area (Å²) in [6, 6.07) is 11.0. The summed E-state index contributed by atoms with van der Waals surface area (Å²) in [5.74, 6) is -2.23. The third kappa shape index (κ3) is 5.02. The normalized spacial score (nSPS) is 21.2. The summed E-state index contributed by atoms with van der Waals surface area (Å²) in [5, 5.41) is 14.0. The number of carboxylic acids is 1. The molecule has 3 aliphatic rings. The van der Waals surface area contributed by atoms with Crippen LogP contribution < -0.4 is 10.6 Å². The van der Waals surface area contributed by atoms with Crippen LogP contribution in [-0.4, -0.2) is 87.7 Å². The molecule has 2 aromatic rings. The molecule has 3 N–H and O–H groups in total. The van der Waals surface area contributed by atoms with Gasteiger partial charge >= 0.3 is 18.0 Å². The SMILES string of the molecule is CC1=C(C(=O)O)N2C(=O)C(NC(=O)C(NC(=O)N3CCN(S(=O)(=O)c4ccccc4)C3=O)c3ccccc3)[C@@H]2SC1. The van der Waals surface area contributed by atoms with Gasteiger partial charge in [-0.2, -0.15) is 0 Å². The highest BCUT2D eigenvalue weighted by molar-refractivity contribution is 8.00. The van der Waals surface area contributed by atoms with Gasteiger partial charge in [0.25, 0.3) is 15.9 Å². The fourth-order valence-corrected chi connectivity index (χ4v) is 7.48. The number of sulfonamides is 1. The minimum absolute atomic E-state index is 0.104. The first-order valence-corrected chi connectivity index (χ1v) is 14.9. The van der Waals surface area contributed by atoms with Crippen LogP contribution in [0.3, 0.4) is 0 Å². The Balaban J connectivity index is 1.32. The Kier molecular flexibility index (Phi) is 7.48. The fraction of sp³-hybridized carbons (Fsp3) is 0.269. The van der Waals surface area contributed by atoms with Crippen LogP contribution in [0.5, 0.6) is 0 Å². The van der Waals surface area contributed by atoms with Gasteiger partial charge in [0.1, 0.15) is 23.2 Å². The van der Waals surface area contributed by atoms with Gasteiger partial charge in [-0.3, -0.25) is 14.5 Å². The van der Waals surface area contributed by atoms with Crippen LogP contribution in [0.25, 0.3) is 0 Å². The largest absolute Gasteiger partial charge is 0.477 e. The molecule has 0 saturated carbocycles. The zero-order chi connectivity index (χ0) is 29.5. The summed E-state index contributed by atoms with van der Waals surface area (Å²) < 4.78 is 26.5. The Labute approximate surface area is 239 Å². The Bertz CT molecular complexity index is 1560. The zero-order valence-corrected chi connectivity index (χ0v) is 23.2. The molecular formula is C26H25N5O8S2. The first-order chi connectivity index (χ1) is 19.5. The molecule has 6 amide bonds. The number of nitrogens with zero attached hydrogens (tertiary/aromatic N) is 3. The van der Waals surface area contributed by atoms with Crippen LogP contribution in [-0.2, 0) is 24.4 Å². The number of hydrogen-bond donors (Lipinski definition) is 3. The van der Waals surface area contributed by atoms with E-state index >= 15 is 0 Å². The quantitative estimate of drug-likeness (QED) is 0.397. The molecule has 214 valence electrons. The number of urea groups is 2. The average molecular weight is 600 g/mol. The maximum absolute atomic E-state index is 13.4. The molecule has 15 heteroatoms. The highest BCUT2D eigenvalue weighted by Crippen LogP contribution is 2.40. The number of fused-ring (bicyclic) bond motifs is 1. The highest BCUT2D eigenvalue weighted by Gasteiger charge is 2.54. The van der Waals surface area contributed by atoms with Crippen LogP contribution in [0.4, 0.5) is 9.59 Å². The summed E-state index contributed by atoms with van der Waals surface area (Å²) >= 11 is 1.31. The van der Waals surface area contributed by atoms with Gasteiger partial charge in [0, 0.05) is 5.75 Å². The smallest absolute Gasteiger partial charge is 0.352 e. The number of carbonyl (C=O) groups is 5. The second-order valence-corrected chi connectivity index (χ2v) is 12.4. The number of thioether (sulfide) groups is 1. The van der Waals surface area contributed by atoms with E-state index in [1.165, 1.54) is 36.0 Å². The van der Waals surface area contributed by atoms with E-state index in [2.05, 4.69) is 10.6 Å². The minimum Gasteiger partial charge on any atom is -0.477 e. The molecule has 3 heterocycles. The van der Waals surface area contributed by atoms with Crippen molar-refractivity contribution in [1.29, 1.82) is 0 Å². The van der Waals surface area contributed by atoms with E-state index in [4.69, 9.17) is 0 Å². The number of imide groups is 1. The molecule has 2 unspecified atom stereocenters. The molecule has 3 aliphatic heterocycles. The number of carboxylic acid groups (broad SMARTS) is 1. The Hall–Kier alpha value is -4.37. The van der Waals surface area contributed by atoms with Gasteiger partial charge in [0.05, 0.1) is 18.0 Å². The molecule has 2 saturated heterocycles. The van der Waals surface area contributed by atoms with Crippen molar-refractivity contribution in [3.63, 3.8) is 0 Å². The number of nitrogens with one attached hydrogen (secondary N) is 2. The Morgan fingerprint density at radius 2 is 1.63 bits per heavy atom. The van der Waals surface area contributed by atoms with E-state index in [-0.39, 0.29) is 23.7 Å². The first kappa shape index (κ1) is 28.2. The summed E-state index contributed by atoms with van der Waals surface area (Å²) in [7, 11) is -4.20. The number of benzene rings is 2. The van der Waals surface area contributed by atoms with E-state index in [9.17, 15) is 37.5 Å². The number of hydrogen-bond acceptors (Lipinski definition) is 8. The summed E-state index contributed by atoms with van der Waals surface area (Å²) in [6.07, 6.45) is 0. The van der Waals surface area contributed by atoms with Gasteiger partial charge in [0.15, 0.2) is 0 Å². The maximum atomic E-state index is 13.4.